The maximum atomic E-state index is 12.7. The van der Waals surface area contributed by atoms with Gasteiger partial charge in [0.1, 0.15) is 0 Å². The molecule has 0 amide bonds. The number of benzene rings is 1. The fourth-order valence-corrected chi connectivity index (χ4v) is 3.47. The van der Waals surface area contributed by atoms with Crippen LogP contribution in [0.3, 0.4) is 0 Å². The molecule has 2 rings (SSSR count). The number of esters is 2. The zero-order valence-electron chi connectivity index (χ0n) is 14.3. The van der Waals surface area contributed by atoms with Crippen LogP contribution >= 0.6 is 11.6 Å². The average Bonchev–Trinajstić information content (AvgIpc) is 2.55. The van der Waals surface area contributed by atoms with E-state index >= 15 is 0 Å². The maximum absolute atomic E-state index is 12.7. The van der Waals surface area contributed by atoms with Crippen molar-refractivity contribution in [3.05, 3.63) is 46.5 Å². The van der Waals surface area contributed by atoms with Crippen molar-refractivity contribution in [2.45, 2.75) is 39.5 Å². The third-order valence-electron chi connectivity index (χ3n) is 4.33. The first-order valence-corrected chi connectivity index (χ1v) is 8.61. The highest BCUT2D eigenvalue weighted by Gasteiger charge is 2.52. The minimum atomic E-state index is -1.31. The summed E-state index contributed by atoms with van der Waals surface area (Å²) in [5.41, 5.74) is 0.663. The van der Waals surface area contributed by atoms with Crippen molar-refractivity contribution in [1.82, 2.24) is 0 Å². The average molecular weight is 351 g/mol. The Hall–Kier alpha value is -1.81. The Morgan fingerprint density at radius 1 is 1.25 bits per heavy atom. The highest BCUT2D eigenvalue weighted by atomic mass is 35.5. The lowest BCUT2D eigenvalue weighted by Crippen LogP contribution is -2.47. The molecule has 130 valence electrons. The van der Waals surface area contributed by atoms with E-state index in [1.54, 1.807) is 19.9 Å². The van der Waals surface area contributed by atoms with Crippen molar-refractivity contribution < 1.29 is 19.1 Å². The minimum Gasteiger partial charge on any atom is -0.465 e. The highest BCUT2D eigenvalue weighted by Crippen LogP contribution is 2.45. The van der Waals surface area contributed by atoms with E-state index in [1.165, 1.54) is 0 Å². The molecule has 0 spiro atoms. The first kappa shape index (κ1) is 18.5. The normalized spacial score (nSPS) is 18.9. The van der Waals surface area contributed by atoms with Crippen LogP contribution in [0.25, 0.3) is 0 Å². The molecule has 5 heteroatoms. The van der Waals surface area contributed by atoms with Crippen LogP contribution in [0.15, 0.2) is 30.4 Å². The maximum Gasteiger partial charge on any atom is 0.323 e. The molecule has 1 atom stereocenters. The van der Waals surface area contributed by atoms with Gasteiger partial charge in [-0.2, -0.15) is 0 Å². The Balaban J connectivity index is 2.54. The molecule has 0 N–H and O–H groups in total. The standard InChI is InChI=1S/C19H23ClO4/c1-4-7-13-11-19(17(21)23-5-2,18(22)24-6-3)12-14-8-9-15(20)10-16(13)14/h4,7-10,13H,5-6,11-12H2,1-3H3/b7-4+/t13-/m1/s1. The number of hydrogen-bond donors (Lipinski definition) is 0. The summed E-state index contributed by atoms with van der Waals surface area (Å²) in [5, 5.41) is 0.642. The molecule has 4 nitrogen and oxygen atoms in total. The van der Waals surface area contributed by atoms with Crippen LogP contribution in [0.4, 0.5) is 0 Å². The molecule has 1 aromatic carbocycles. The molecule has 1 aromatic rings. The van der Waals surface area contributed by atoms with E-state index < -0.39 is 17.4 Å². The zero-order valence-corrected chi connectivity index (χ0v) is 15.1. The van der Waals surface area contributed by atoms with E-state index in [1.807, 2.05) is 31.2 Å². The Morgan fingerprint density at radius 3 is 2.42 bits per heavy atom. The molecule has 0 unspecified atom stereocenters. The summed E-state index contributed by atoms with van der Waals surface area (Å²) in [7, 11) is 0. The summed E-state index contributed by atoms with van der Waals surface area (Å²) in [4.78, 5) is 25.4. The van der Waals surface area contributed by atoms with Gasteiger partial charge in [0.2, 0.25) is 0 Å². The van der Waals surface area contributed by atoms with Crippen LogP contribution in [-0.2, 0) is 25.5 Å². The van der Waals surface area contributed by atoms with Crippen LogP contribution < -0.4 is 0 Å². The molecule has 0 fully saturated rings. The van der Waals surface area contributed by atoms with Gasteiger partial charge in [-0.25, -0.2) is 0 Å². The Morgan fingerprint density at radius 2 is 1.88 bits per heavy atom. The summed E-state index contributed by atoms with van der Waals surface area (Å²) >= 11 is 6.13. The van der Waals surface area contributed by atoms with Crippen molar-refractivity contribution in [2.75, 3.05) is 13.2 Å². The molecule has 1 aliphatic rings. The predicted octanol–water partition coefficient (Wildman–Crippen LogP) is 4.06. The second-order valence-electron chi connectivity index (χ2n) is 5.88. The molecule has 0 saturated carbocycles. The number of rotatable bonds is 5. The van der Waals surface area contributed by atoms with Gasteiger partial charge in [0.05, 0.1) is 13.2 Å². The number of allylic oxidation sites excluding steroid dienone is 2. The van der Waals surface area contributed by atoms with E-state index in [9.17, 15) is 9.59 Å². The topological polar surface area (TPSA) is 52.6 Å². The number of halogens is 1. The summed E-state index contributed by atoms with van der Waals surface area (Å²) in [6.45, 7) is 5.83. The summed E-state index contributed by atoms with van der Waals surface area (Å²) < 4.78 is 10.5. The molecule has 0 bridgehead atoms. The van der Waals surface area contributed by atoms with Gasteiger partial charge < -0.3 is 9.47 Å². The molecule has 0 radical (unpaired) electrons. The third kappa shape index (κ3) is 3.48. The molecule has 1 aliphatic carbocycles. The molecule has 0 heterocycles. The lowest BCUT2D eigenvalue weighted by atomic mass is 9.66. The van der Waals surface area contributed by atoms with Gasteiger partial charge in [0.15, 0.2) is 5.41 Å². The molecular weight excluding hydrogens is 328 g/mol. The van der Waals surface area contributed by atoms with Crippen LogP contribution in [0.5, 0.6) is 0 Å². The van der Waals surface area contributed by atoms with E-state index in [2.05, 4.69) is 0 Å². The first-order chi connectivity index (χ1) is 11.5. The summed E-state index contributed by atoms with van der Waals surface area (Å²) in [6, 6.07) is 5.56. The fraction of sp³-hybridized carbons (Fsp3) is 0.474. The first-order valence-electron chi connectivity index (χ1n) is 8.24. The molecule has 0 saturated heterocycles. The molecule has 0 aliphatic heterocycles. The predicted molar refractivity (Wildman–Crippen MR) is 93.0 cm³/mol. The van der Waals surface area contributed by atoms with Gasteiger partial charge in [-0.05, 0) is 56.9 Å². The zero-order chi connectivity index (χ0) is 17.7. The van der Waals surface area contributed by atoms with Gasteiger partial charge in [0.25, 0.3) is 0 Å². The number of hydrogen-bond acceptors (Lipinski definition) is 4. The van der Waals surface area contributed by atoms with Crippen molar-refractivity contribution in [3.63, 3.8) is 0 Å². The minimum absolute atomic E-state index is 0.0914. The number of fused-ring (bicyclic) bond motifs is 1. The summed E-state index contributed by atoms with van der Waals surface area (Å²) in [5.74, 6) is -1.12. The van der Waals surface area contributed by atoms with E-state index in [0.29, 0.717) is 11.4 Å². The lowest BCUT2D eigenvalue weighted by molar-refractivity contribution is -0.173. The van der Waals surface area contributed by atoms with Crippen molar-refractivity contribution >= 4 is 23.5 Å². The monoisotopic (exact) mass is 350 g/mol. The van der Waals surface area contributed by atoms with Gasteiger partial charge in [-0.15, -0.1) is 0 Å². The number of carbonyl (C=O) groups is 2. The fourth-order valence-electron chi connectivity index (χ4n) is 3.29. The van der Waals surface area contributed by atoms with Crippen LogP contribution in [0, 0.1) is 5.41 Å². The summed E-state index contributed by atoms with van der Waals surface area (Å²) in [6.07, 6.45) is 4.50. The molecule has 24 heavy (non-hydrogen) atoms. The van der Waals surface area contributed by atoms with Gasteiger partial charge in [-0.3, -0.25) is 9.59 Å². The van der Waals surface area contributed by atoms with Crippen molar-refractivity contribution in [3.8, 4) is 0 Å². The largest absolute Gasteiger partial charge is 0.465 e. The van der Waals surface area contributed by atoms with E-state index in [-0.39, 0.29) is 25.6 Å². The molecule has 0 aromatic heterocycles. The van der Waals surface area contributed by atoms with Gasteiger partial charge >= 0.3 is 11.9 Å². The second kappa shape index (κ2) is 7.84. The van der Waals surface area contributed by atoms with Crippen LogP contribution in [0.1, 0.15) is 44.2 Å². The van der Waals surface area contributed by atoms with Crippen LogP contribution in [-0.4, -0.2) is 25.2 Å². The quantitative estimate of drug-likeness (QED) is 0.456. The van der Waals surface area contributed by atoms with Crippen molar-refractivity contribution in [2.24, 2.45) is 5.41 Å². The van der Waals surface area contributed by atoms with Crippen molar-refractivity contribution in [1.29, 1.82) is 0 Å². The Bertz CT molecular complexity index is 633. The molecular formula is C19H23ClO4. The number of carbonyl (C=O) groups excluding carboxylic acids is 2. The van der Waals surface area contributed by atoms with E-state index in [4.69, 9.17) is 21.1 Å². The van der Waals surface area contributed by atoms with E-state index in [0.717, 1.165) is 11.1 Å². The third-order valence-corrected chi connectivity index (χ3v) is 4.56. The smallest absolute Gasteiger partial charge is 0.323 e. The van der Waals surface area contributed by atoms with Gasteiger partial charge in [0, 0.05) is 10.9 Å². The Kier molecular flexibility index (Phi) is 6.05. The number of ether oxygens (including phenoxy) is 2. The highest BCUT2D eigenvalue weighted by molar-refractivity contribution is 6.30. The Labute approximate surface area is 147 Å². The van der Waals surface area contributed by atoms with Gasteiger partial charge in [-0.1, -0.05) is 29.8 Å². The lowest BCUT2D eigenvalue weighted by Gasteiger charge is -2.37. The SMILES string of the molecule is C/C=C/[C@@H]1CC(C(=O)OCC)(C(=O)OCC)Cc2ccc(Cl)cc21. The van der Waals surface area contributed by atoms with Crippen LogP contribution in [0.2, 0.25) is 5.02 Å². The second-order valence-corrected chi connectivity index (χ2v) is 6.32.